The van der Waals surface area contributed by atoms with E-state index in [1.807, 2.05) is 0 Å². The highest BCUT2D eigenvalue weighted by Crippen LogP contribution is 2.22. The minimum atomic E-state index is -4.76. The number of carbonyl (C=O) groups excluding carboxylic acids is 2. The molecule has 0 aliphatic rings. The van der Waals surface area contributed by atoms with E-state index in [1.54, 1.807) is 0 Å². The van der Waals surface area contributed by atoms with Gasteiger partial charge in [-0.2, -0.15) is 8.42 Å². The summed E-state index contributed by atoms with van der Waals surface area (Å²) >= 11 is 0. The van der Waals surface area contributed by atoms with E-state index >= 15 is 0 Å². The van der Waals surface area contributed by atoms with E-state index in [9.17, 15) is 22.6 Å². The van der Waals surface area contributed by atoms with E-state index < -0.39 is 32.5 Å². The van der Waals surface area contributed by atoms with Gasteiger partial charge in [0.25, 0.3) is 10.1 Å². The summed E-state index contributed by atoms with van der Waals surface area (Å²) in [6.07, 6.45) is 25.2. The predicted molar refractivity (Wildman–Crippen MR) is 160 cm³/mol. The molecule has 40 heavy (non-hydrogen) atoms. The molecule has 0 fully saturated rings. The van der Waals surface area contributed by atoms with E-state index in [4.69, 9.17) is 9.47 Å². The molecule has 1 N–H and O–H groups in total. The number of allylic oxidation sites excluding steroid dienone is 4. The SMILES string of the molecule is CCCCC/C=C/CCCCCOC(=O)c1cccc(S(=O)(=O)O)c1C(=O)OCCCCC/C=C/CCCCC. The van der Waals surface area contributed by atoms with Crippen LogP contribution in [0.15, 0.2) is 47.4 Å². The largest absolute Gasteiger partial charge is 0.462 e. The molecular formula is C32H50O7S. The highest BCUT2D eigenvalue weighted by atomic mass is 32.2. The molecule has 1 aromatic carbocycles. The van der Waals surface area contributed by atoms with Crippen LogP contribution in [0.2, 0.25) is 0 Å². The van der Waals surface area contributed by atoms with Gasteiger partial charge in [0.1, 0.15) is 4.90 Å². The van der Waals surface area contributed by atoms with Crippen molar-refractivity contribution in [3.05, 3.63) is 53.6 Å². The van der Waals surface area contributed by atoms with Crippen LogP contribution in [0, 0.1) is 0 Å². The third-order valence-corrected chi connectivity index (χ3v) is 7.40. The van der Waals surface area contributed by atoms with E-state index in [2.05, 4.69) is 38.2 Å². The summed E-state index contributed by atoms with van der Waals surface area (Å²) in [6, 6.07) is 3.67. The lowest BCUT2D eigenvalue weighted by Crippen LogP contribution is -2.19. The maximum atomic E-state index is 12.8. The lowest BCUT2D eigenvalue weighted by Gasteiger charge is -2.12. The van der Waals surface area contributed by atoms with Crippen molar-refractivity contribution >= 4 is 22.1 Å². The van der Waals surface area contributed by atoms with Crippen LogP contribution >= 0.6 is 0 Å². The summed E-state index contributed by atoms with van der Waals surface area (Å²) < 4.78 is 44.1. The third kappa shape index (κ3) is 16.0. The second kappa shape index (κ2) is 22.3. The molecule has 0 atom stereocenters. The highest BCUT2D eigenvalue weighted by molar-refractivity contribution is 7.86. The van der Waals surface area contributed by atoms with Gasteiger partial charge in [0.2, 0.25) is 0 Å². The van der Waals surface area contributed by atoms with E-state index in [1.165, 1.54) is 50.7 Å². The molecule has 8 heteroatoms. The van der Waals surface area contributed by atoms with Crippen LogP contribution in [0.4, 0.5) is 0 Å². The fraction of sp³-hybridized carbons (Fsp3) is 0.625. The molecule has 0 heterocycles. The van der Waals surface area contributed by atoms with Crippen molar-refractivity contribution < 1.29 is 32.0 Å². The molecule has 7 nitrogen and oxygen atoms in total. The molecule has 0 bridgehead atoms. The van der Waals surface area contributed by atoms with E-state index in [-0.39, 0.29) is 18.8 Å². The number of ether oxygens (including phenoxy) is 2. The Hall–Kier alpha value is -2.45. The van der Waals surface area contributed by atoms with Crippen LogP contribution < -0.4 is 0 Å². The predicted octanol–water partition coefficient (Wildman–Crippen LogP) is 8.64. The molecule has 0 amide bonds. The first kappa shape index (κ1) is 35.6. The smallest absolute Gasteiger partial charge is 0.340 e. The normalized spacial score (nSPS) is 11.9. The molecule has 226 valence electrons. The van der Waals surface area contributed by atoms with Crippen molar-refractivity contribution in [2.24, 2.45) is 0 Å². The fourth-order valence-corrected chi connectivity index (χ4v) is 4.89. The van der Waals surface area contributed by atoms with Crippen molar-refractivity contribution in [3.63, 3.8) is 0 Å². The average Bonchev–Trinajstić information content (AvgIpc) is 2.93. The van der Waals surface area contributed by atoms with Gasteiger partial charge in [-0.15, -0.1) is 0 Å². The summed E-state index contributed by atoms with van der Waals surface area (Å²) in [4.78, 5) is 24.9. The number of hydrogen-bond acceptors (Lipinski definition) is 6. The van der Waals surface area contributed by atoms with Crippen LogP contribution in [-0.4, -0.2) is 38.1 Å². The van der Waals surface area contributed by atoms with E-state index in [0.29, 0.717) is 12.8 Å². The first-order chi connectivity index (χ1) is 19.3. The van der Waals surface area contributed by atoms with Gasteiger partial charge >= 0.3 is 11.9 Å². The van der Waals surface area contributed by atoms with E-state index in [0.717, 1.165) is 57.4 Å². The number of unbranched alkanes of at least 4 members (excludes halogenated alkanes) is 12. The Morgan fingerprint density at radius 1 is 0.675 bits per heavy atom. The van der Waals surface area contributed by atoms with Gasteiger partial charge in [-0.3, -0.25) is 4.55 Å². The Balaban J connectivity index is 2.54. The standard InChI is InChI=1S/C32H50O7S/c1-3-5-7-9-11-13-15-17-19-21-26-38-31(33)28-24-23-25-29(40(35,36)37)30(28)32(34)39-27-22-20-18-16-14-12-10-8-6-4-2/h11-14,23-25H,3-10,15-22,26-27H2,1-2H3,(H,35,36,37)/b13-11+,14-12+. The molecule has 0 saturated heterocycles. The van der Waals surface area contributed by atoms with Crippen LogP contribution in [0.25, 0.3) is 0 Å². The van der Waals surface area contributed by atoms with Crippen molar-refractivity contribution in [1.82, 2.24) is 0 Å². The first-order valence-corrected chi connectivity index (χ1v) is 16.5. The Morgan fingerprint density at radius 2 is 1.12 bits per heavy atom. The molecule has 0 unspecified atom stereocenters. The summed E-state index contributed by atoms with van der Waals surface area (Å²) in [7, 11) is -4.76. The second-order valence-electron chi connectivity index (χ2n) is 10.1. The lowest BCUT2D eigenvalue weighted by molar-refractivity contribution is 0.0447. The third-order valence-electron chi connectivity index (χ3n) is 6.51. The van der Waals surface area contributed by atoms with Gasteiger partial charge in [0.05, 0.1) is 24.3 Å². The molecule has 0 aliphatic carbocycles. The first-order valence-electron chi connectivity index (χ1n) is 15.1. The lowest BCUT2D eigenvalue weighted by atomic mass is 10.1. The van der Waals surface area contributed by atoms with Crippen LogP contribution in [0.5, 0.6) is 0 Å². The summed E-state index contributed by atoms with van der Waals surface area (Å²) in [5.41, 5.74) is -0.721. The molecule has 0 saturated carbocycles. The summed E-state index contributed by atoms with van der Waals surface area (Å²) in [6.45, 7) is 4.60. The van der Waals surface area contributed by atoms with Gasteiger partial charge < -0.3 is 9.47 Å². The van der Waals surface area contributed by atoms with Gasteiger partial charge in [-0.05, 0) is 89.2 Å². The second-order valence-corrected chi connectivity index (χ2v) is 11.4. The molecular weight excluding hydrogens is 528 g/mol. The quantitative estimate of drug-likeness (QED) is 0.0599. The number of rotatable bonds is 23. The fourth-order valence-electron chi connectivity index (χ4n) is 4.18. The average molecular weight is 579 g/mol. The number of benzene rings is 1. The molecule has 0 aliphatic heterocycles. The van der Waals surface area contributed by atoms with Gasteiger partial charge in [-0.25, -0.2) is 9.59 Å². The number of hydrogen-bond donors (Lipinski definition) is 1. The zero-order valence-electron chi connectivity index (χ0n) is 24.6. The zero-order chi connectivity index (χ0) is 29.5. The Kier molecular flexibility index (Phi) is 19.8. The number of carbonyl (C=O) groups is 2. The maximum Gasteiger partial charge on any atom is 0.340 e. The van der Waals surface area contributed by atoms with Crippen LogP contribution in [0.3, 0.4) is 0 Å². The van der Waals surface area contributed by atoms with Gasteiger partial charge in [0.15, 0.2) is 0 Å². The summed E-state index contributed by atoms with van der Waals surface area (Å²) in [5.74, 6) is -1.79. The highest BCUT2D eigenvalue weighted by Gasteiger charge is 2.28. The molecule has 0 aromatic heterocycles. The van der Waals surface area contributed by atoms with Crippen molar-refractivity contribution in [3.8, 4) is 0 Å². The maximum absolute atomic E-state index is 12.8. The Labute approximate surface area is 242 Å². The Bertz CT molecular complexity index is 1010. The molecule has 1 rings (SSSR count). The van der Waals surface area contributed by atoms with Crippen molar-refractivity contribution in [1.29, 1.82) is 0 Å². The van der Waals surface area contributed by atoms with Gasteiger partial charge in [0, 0.05) is 0 Å². The Morgan fingerprint density at radius 3 is 1.57 bits per heavy atom. The van der Waals surface area contributed by atoms with Gasteiger partial charge in [-0.1, -0.05) is 69.9 Å². The zero-order valence-corrected chi connectivity index (χ0v) is 25.4. The molecule has 0 spiro atoms. The van der Waals surface area contributed by atoms with Crippen LogP contribution in [0.1, 0.15) is 137 Å². The topological polar surface area (TPSA) is 107 Å². The monoisotopic (exact) mass is 578 g/mol. The summed E-state index contributed by atoms with van der Waals surface area (Å²) in [5, 5.41) is 0. The molecule has 0 radical (unpaired) electrons. The van der Waals surface area contributed by atoms with Crippen molar-refractivity contribution in [2.45, 2.75) is 121 Å². The number of esters is 2. The van der Waals surface area contributed by atoms with Crippen molar-refractivity contribution in [2.75, 3.05) is 13.2 Å². The van der Waals surface area contributed by atoms with Crippen LogP contribution in [-0.2, 0) is 19.6 Å². The minimum absolute atomic E-state index is 0.0837. The minimum Gasteiger partial charge on any atom is -0.462 e. The molecule has 1 aromatic rings.